The molecule has 1 amide bonds. The number of benzene rings is 2. The minimum absolute atomic E-state index is 0.0972. The Bertz CT molecular complexity index is 778. The van der Waals surface area contributed by atoms with E-state index in [9.17, 15) is 4.79 Å². The summed E-state index contributed by atoms with van der Waals surface area (Å²) >= 11 is 11.9. The Labute approximate surface area is 158 Å². The van der Waals surface area contributed by atoms with Gasteiger partial charge in [-0.2, -0.15) is 0 Å². The van der Waals surface area contributed by atoms with Crippen LogP contribution in [0.15, 0.2) is 30.3 Å². The highest BCUT2D eigenvalue weighted by atomic mass is 35.5. The minimum atomic E-state index is -0.171. The maximum Gasteiger partial charge on any atom is 0.224 e. The van der Waals surface area contributed by atoms with Crippen molar-refractivity contribution >= 4 is 29.1 Å². The third-order valence-corrected chi connectivity index (χ3v) is 4.70. The molecule has 134 valence electrons. The number of halogens is 2. The fraction of sp³-hybridized carbons (Fsp3) is 0.316. The number of ether oxygens (including phenoxy) is 2. The Hall–Kier alpha value is -1.91. The van der Waals surface area contributed by atoms with Gasteiger partial charge in [-0.3, -0.25) is 4.79 Å². The van der Waals surface area contributed by atoms with Gasteiger partial charge in [0.15, 0.2) is 11.5 Å². The van der Waals surface area contributed by atoms with E-state index in [4.69, 9.17) is 32.7 Å². The highest BCUT2D eigenvalue weighted by Gasteiger charge is 2.16. The second kappa shape index (κ2) is 8.45. The normalized spacial score (nSPS) is 11.8. The first kappa shape index (κ1) is 19.4. The number of nitrogens with one attached hydrogen (secondary N) is 1. The SMILES string of the molecule is COc1cc(C)c(C(C)NC(=O)Cc2ccc(Cl)c(Cl)c2)cc1OC. The molecule has 2 aromatic rings. The van der Waals surface area contributed by atoms with Crippen LogP contribution in [0.1, 0.15) is 29.7 Å². The molecule has 4 nitrogen and oxygen atoms in total. The number of amides is 1. The lowest BCUT2D eigenvalue weighted by molar-refractivity contribution is -0.121. The molecule has 1 atom stereocenters. The smallest absolute Gasteiger partial charge is 0.224 e. The van der Waals surface area contributed by atoms with E-state index in [1.54, 1.807) is 32.4 Å². The van der Waals surface area contributed by atoms with Gasteiger partial charge >= 0.3 is 0 Å². The fourth-order valence-corrected chi connectivity index (χ4v) is 2.99. The van der Waals surface area contributed by atoms with E-state index in [0.29, 0.717) is 21.5 Å². The first-order valence-corrected chi connectivity index (χ1v) is 8.57. The molecule has 2 aromatic carbocycles. The lowest BCUT2D eigenvalue weighted by Gasteiger charge is -2.19. The number of hydrogen-bond donors (Lipinski definition) is 1. The molecule has 0 aliphatic carbocycles. The third kappa shape index (κ3) is 4.80. The largest absolute Gasteiger partial charge is 0.493 e. The van der Waals surface area contributed by atoms with Crippen LogP contribution in [-0.4, -0.2) is 20.1 Å². The first-order valence-electron chi connectivity index (χ1n) is 7.81. The van der Waals surface area contributed by atoms with Gasteiger partial charge < -0.3 is 14.8 Å². The quantitative estimate of drug-likeness (QED) is 0.785. The standard InChI is InChI=1S/C19H21Cl2NO3/c1-11-7-17(24-3)18(25-4)10-14(11)12(2)22-19(23)9-13-5-6-15(20)16(21)8-13/h5-8,10,12H,9H2,1-4H3,(H,22,23). The molecular formula is C19H21Cl2NO3. The summed E-state index contributed by atoms with van der Waals surface area (Å²) in [6.45, 7) is 3.90. The van der Waals surface area contributed by atoms with Gasteiger partial charge in [0.25, 0.3) is 0 Å². The molecule has 0 saturated carbocycles. The molecule has 0 fully saturated rings. The molecule has 0 spiro atoms. The van der Waals surface area contributed by atoms with E-state index in [0.717, 1.165) is 16.7 Å². The monoisotopic (exact) mass is 381 g/mol. The van der Waals surface area contributed by atoms with Gasteiger partial charge in [0.2, 0.25) is 5.91 Å². The van der Waals surface area contributed by atoms with Crippen molar-refractivity contribution in [1.82, 2.24) is 5.32 Å². The third-order valence-electron chi connectivity index (χ3n) is 3.96. The molecular weight excluding hydrogens is 361 g/mol. The molecule has 1 N–H and O–H groups in total. The Morgan fingerprint density at radius 3 is 2.32 bits per heavy atom. The number of aryl methyl sites for hydroxylation is 1. The molecule has 0 aliphatic rings. The van der Waals surface area contributed by atoms with Crippen LogP contribution < -0.4 is 14.8 Å². The summed E-state index contributed by atoms with van der Waals surface area (Å²) in [7, 11) is 3.18. The summed E-state index contributed by atoms with van der Waals surface area (Å²) in [6.07, 6.45) is 0.230. The van der Waals surface area contributed by atoms with Gasteiger partial charge in [-0.15, -0.1) is 0 Å². The molecule has 0 aromatic heterocycles. The molecule has 1 unspecified atom stereocenters. The fourth-order valence-electron chi connectivity index (χ4n) is 2.67. The lowest BCUT2D eigenvalue weighted by Crippen LogP contribution is -2.28. The molecule has 25 heavy (non-hydrogen) atoms. The predicted molar refractivity (Wildman–Crippen MR) is 101 cm³/mol. The molecule has 2 rings (SSSR count). The zero-order valence-electron chi connectivity index (χ0n) is 14.7. The van der Waals surface area contributed by atoms with Crippen LogP contribution in [0.2, 0.25) is 10.0 Å². The van der Waals surface area contributed by atoms with Gasteiger partial charge in [-0.1, -0.05) is 29.3 Å². The van der Waals surface area contributed by atoms with Crippen molar-refractivity contribution in [2.45, 2.75) is 26.3 Å². The van der Waals surface area contributed by atoms with Gasteiger partial charge in [-0.25, -0.2) is 0 Å². The summed E-state index contributed by atoms with van der Waals surface area (Å²) in [5.41, 5.74) is 2.79. The summed E-state index contributed by atoms with van der Waals surface area (Å²) in [4.78, 5) is 12.3. The molecule has 0 aliphatic heterocycles. The van der Waals surface area contributed by atoms with Crippen molar-refractivity contribution in [2.75, 3.05) is 14.2 Å². The summed E-state index contributed by atoms with van der Waals surface area (Å²) in [5.74, 6) is 1.20. The molecule has 0 heterocycles. The van der Waals surface area contributed by atoms with Crippen molar-refractivity contribution < 1.29 is 14.3 Å². The van der Waals surface area contributed by atoms with Crippen LogP contribution in [0.25, 0.3) is 0 Å². The highest BCUT2D eigenvalue weighted by molar-refractivity contribution is 6.42. The van der Waals surface area contributed by atoms with Crippen LogP contribution in [0.3, 0.4) is 0 Å². The molecule has 6 heteroatoms. The Morgan fingerprint density at radius 1 is 1.08 bits per heavy atom. The highest BCUT2D eigenvalue weighted by Crippen LogP contribution is 2.33. The van der Waals surface area contributed by atoms with Crippen LogP contribution in [-0.2, 0) is 11.2 Å². The number of carbonyl (C=O) groups is 1. The van der Waals surface area contributed by atoms with Crippen molar-refractivity contribution in [2.24, 2.45) is 0 Å². The van der Waals surface area contributed by atoms with E-state index >= 15 is 0 Å². The first-order chi connectivity index (χ1) is 11.8. The summed E-state index contributed by atoms with van der Waals surface area (Å²) < 4.78 is 10.6. The average molecular weight is 382 g/mol. The number of rotatable bonds is 6. The van der Waals surface area contributed by atoms with Gasteiger partial charge in [0, 0.05) is 0 Å². The maximum absolute atomic E-state index is 12.3. The van der Waals surface area contributed by atoms with Crippen molar-refractivity contribution in [3.8, 4) is 11.5 Å². The maximum atomic E-state index is 12.3. The van der Waals surface area contributed by atoms with E-state index < -0.39 is 0 Å². The zero-order chi connectivity index (χ0) is 18.6. The van der Waals surface area contributed by atoms with Crippen molar-refractivity contribution in [3.05, 3.63) is 57.1 Å². The molecule has 0 saturated heterocycles. The van der Waals surface area contributed by atoms with E-state index in [2.05, 4.69) is 5.32 Å². The minimum Gasteiger partial charge on any atom is -0.493 e. The van der Waals surface area contributed by atoms with Crippen molar-refractivity contribution in [3.63, 3.8) is 0 Å². The Morgan fingerprint density at radius 2 is 1.72 bits per heavy atom. The summed E-state index contributed by atoms with van der Waals surface area (Å²) in [6, 6.07) is 8.80. The van der Waals surface area contributed by atoms with Gasteiger partial charge in [0.05, 0.1) is 36.7 Å². The second-order valence-electron chi connectivity index (χ2n) is 5.78. The van der Waals surface area contributed by atoms with E-state index in [1.165, 1.54) is 0 Å². The van der Waals surface area contributed by atoms with Crippen LogP contribution >= 0.6 is 23.2 Å². The van der Waals surface area contributed by atoms with Crippen LogP contribution in [0.4, 0.5) is 0 Å². The molecule has 0 radical (unpaired) electrons. The zero-order valence-corrected chi connectivity index (χ0v) is 16.2. The van der Waals surface area contributed by atoms with Crippen molar-refractivity contribution in [1.29, 1.82) is 0 Å². The van der Waals surface area contributed by atoms with E-state index in [1.807, 2.05) is 26.0 Å². The topological polar surface area (TPSA) is 47.6 Å². The number of carbonyl (C=O) groups excluding carboxylic acids is 1. The van der Waals surface area contributed by atoms with Crippen LogP contribution in [0.5, 0.6) is 11.5 Å². The lowest BCUT2D eigenvalue weighted by atomic mass is 10.0. The average Bonchev–Trinajstić information content (AvgIpc) is 2.57. The second-order valence-corrected chi connectivity index (χ2v) is 6.59. The van der Waals surface area contributed by atoms with Crippen LogP contribution in [0, 0.1) is 6.92 Å². The van der Waals surface area contributed by atoms with Gasteiger partial charge in [-0.05, 0) is 54.8 Å². The number of methoxy groups -OCH3 is 2. The predicted octanol–water partition coefficient (Wildman–Crippen LogP) is 4.74. The molecule has 0 bridgehead atoms. The van der Waals surface area contributed by atoms with Gasteiger partial charge in [0.1, 0.15) is 0 Å². The Kier molecular flexibility index (Phi) is 6.57. The van der Waals surface area contributed by atoms with E-state index in [-0.39, 0.29) is 18.4 Å². The number of hydrogen-bond acceptors (Lipinski definition) is 3. The Balaban J connectivity index is 2.11. The summed E-state index contributed by atoms with van der Waals surface area (Å²) in [5, 5.41) is 3.91.